The number of rotatable bonds is 4. The minimum Gasteiger partial charge on any atom is -0.325 e. The van der Waals surface area contributed by atoms with Gasteiger partial charge in [0.05, 0.1) is 11.0 Å². The van der Waals surface area contributed by atoms with Crippen LogP contribution in [0.15, 0.2) is 66.9 Å². The molecule has 8 heteroatoms. The fraction of sp³-hybridized carbons (Fsp3) is 0.394. The number of aromatic nitrogens is 1. The van der Waals surface area contributed by atoms with E-state index in [1.165, 1.54) is 0 Å². The molecule has 210 valence electrons. The van der Waals surface area contributed by atoms with Gasteiger partial charge in [-0.25, -0.2) is 4.98 Å². The summed E-state index contributed by atoms with van der Waals surface area (Å²) in [6.45, 7) is 2.71. The summed E-state index contributed by atoms with van der Waals surface area (Å²) in [7, 11) is 2.05. The van der Waals surface area contributed by atoms with E-state index in [9.17, 15) is 14.4 Å². The van der Waals surface area contributed by atoms with E-state index in [0.29, 0.717) is 30.9 Å². The molecule has 4 aliphatic rings. The number of piperazine rings is 1. The van der Waals surface area contributed by atoms with Crippen LogP contribution in [0.5, 0.6) is 0 Å². The number of hydrogen-bond acceptors (Lipinski definition) is 5. The molecule has 0 unspecified atom stereocenters. The molecule has 3 heterocycles. The average Bonchev–Trinajstić information content (AvgIpc) is 3.68. The molecule has 7 rings (SSSR count). The summed E-state index contributed by atoms with van der Waals surface area (Å²) in [5.41, 5.74) is 2.94. The first kappa shape index (κ1) is 25.9. The topological polar surface area (TPSA) is 94.6 Å². The SMILES string of the molecule is CN1C[C@@](C)(c2ccccc2)N(CC(=O)Nc2ccc3c(c2)C[C@@]2(C3)C(=O)Nc3ncccc32)C(=O)C12CCCC2. The molecule has 2 spiro atoms. The van der Waals surface area contributed by atoms with Crippen molar-refractivity contribution in [3.8, 4) is 0 Å². The van der Waals surface area contributed by atoms with Crippen LogP contribution in [0.4, 0.5) is 11.5 Å². The number of amides is 3. The summed E-state index contributed by atoms with van der Waals surface area (Å²) in [5.74, 6) is 0.430. The number of likely N-dealkylation sites (N-methyl/N-ethyl adjacent to an activating group) is 1. The van der Waals surface area contributed by atoms with E-state index in [-0.39, 0.29) is 24.3 Å². The fourth-order valence-electron chi connectivity index (χ4n) is 7.87. The van der Waals surface area contributed by atoms with E-state index in [2.05, 4.69) is 34.5 Å². The normalized spacial score (nSPS) is 26.3. The number of carbonyl (C=O) groups excluding carboxylic acids is 3. The van der Waals surface area contributed by atoms with Crippen molar-refractivity contribution in [2.75, 3.05) is 30.8 Å². The van der Waals surface area contributed by atoms with Crippen LogP contribution in [0.1, 0.15) is 54.9 Å². The predicted octanol–water partition coefficient (Wildman–Crippen LogP) is 4.01. The van der Waals surface area contributed by atoms with Gasteiger partial charge in [-0.15, -0.1) is 0 Å². The third-order valence-corrected chi connectivity index (χ3v) is 10.1. The van der Waals surface area contributed by atoms with Crippen LogP contribution in [0.3, 0.4) is 0 Å². The maximum absolute atomic E-state index is 14.2. The first-order chi connectivity index (χ1) is 19.7. The molecule has 2 N–H and O–H groups in total. The van der Waals surface area contributed by atoms with E-state index in [1.54, 1.807) is 6.20 Å². The fourth-order valence-corrected chi connectivity index (χ4v) is 7.87. The summed E-state index contributed by atoms with van der Waals surface area (Å²) in [5, 5.41) is 6.01. The molecular formula is C33H35N5O3. The molecule has 3 aromatic rings. The summed E-state index contributed by atoms with van der Waals surface area (Å²) < 4.78 is 0. The van der Waals surface area contributed by atoms with Gasteiger partial charge in [0.2, 0.25) is 17.7 Å². The average molecular weight is 550 g/mol. The highest BCUT2D eigenvalue weighted by atomic mass is 16.2. The Morgan fingerprint density at radius 1 is 1.00 bits per heavy atom. The van der Waals surface area contributed by atoms with Gasteiger partial charge in [-0.3, -0.25) is 19.3 Å². The molecule has 41 heavy (non-hydrogen) atoms. The first-order valence-corrected chi connectivity index (χ1v) is 14.5. The van der Waals surface area contributed by atoms with Gasteiger partial charge >= 0.3 is 0 Å². The number of nitrogens with zero attached hydrogens (tertiary/aromatic N) is 3. The lowest BCUT2D eigenvalue weighted by molar-refractivity contribution is -0.164. The van der Waals surface area contributed by atoms with E-state index >= 15 is 0 Å². The second-order valence-corrected chi connectivity index (χ2v) is 12.4. The Morgan fingerprint density at radius 3 is 2.54 bits per heavy atom. The lowest BCUT2D eigenvalue weighted by Gasteiger charge is -2.55. The number of fused-ring (bicyclic) bond motifs is 3. The van der Waals surface area contributed by atoms with Crippen molar-refractivity contribution in [3.63, 3.8) is 0 Å². The zero-order valence-corrected chi connectivity index (χ0v) is 23.6. The monoisotopic (exact) mass is 549 g/mol. The molecule has 2 aliphatic heterocycles. The van der Waals surface area contributed by atoms with Crippen molar-refractivity contribution in [2.24, 2.45) is 0 Å². The van der Waals surface area contributed by atoms with Crippen LogP contribution in [0.2, 0.25) is 0 Å². The van der Waals surface area contributed by atoms with Crippen molar-refractivity contribution >= 4 is 29.2 Å². The minimum absolute atomic E-state index is 0.0254. The third-order valence-electron chi connectivity index (χ3n) is 10.1. The van der Waals surface area contributed by atoms with Crippen LogP contribution >= 0.6 is 0 Å². The number of nitrogens with one attached hydrogen (secondary N) is 2. The summed E-state index contributed by atoms with van der Waals surface area (Å²) >= 11 is 0. The van der Waals surface area contributed by atoms with E-state index in [4.69, 9.17) is 0 Å². The second kappa shape index (κ2) is 9.24. The van der Waals surface area contributed by atoms with Crippen molar-refractivity contribution in [3.05, 3.63) is 89.1 Å². The molecule has 2 atom stereocenters. The van der Waals surface area contributed by atoms with Gasteiger partial charge in [-0.2, -0.15) is 0 Å². The van der Waals surface area contributed by atoms with Crippen LogP contribution < -0.4 is 10.6 Å². The van der Waals surface area contributed by atoms with Gasteiger partial charge in [0.25, 0.3) is 0 Å². The highest BCUT2D eigenvalue weighted by Gasteiger charge is 2.56. The van der Waals surface area contributed by atoms with E-state index in [0.717, 1.165) is 47.9 Å². The van der Waals surface area contributed by atoms with Gasteiger partial charge < -0.3 is 15.5 Å². The van der Waals surface area contributed by atoms with Crippen molar-refractivity contribution < 1.29 is 14.4 Å². The van der Waals surface area contributed by atoms with Gasteiger partial charge in [-0.1, -0.05) is 55.3 Å². The molecule has 1 saturated heterocycles. The highest BCUT2D eigenvalue weighted by Crippen LogP contribution is 2.47. The van der Waals surface area contributed by atoms with E-state index in [1.807, 2.05) is 65.6 Å². The minimum atomic E-state index is -0.659. The maximum atomic E-state index is 14.2. The van der Waals surface area contributed by atoms with Crippen LogP contribution in [-0.4, -0.2) is 58.2 Å². The quantitative estimate of drug-likeness (QED) is 0.513. The molecule has 2 aliphatic carbocycles. The number of hydrogen-bond donors (Lipinski definition) is 2. The zero-order chi connectivity index (χ0) is 28.4. The smallest absolute Gasteiger partial charge is 0.244 e. The van der Waals surface area contributed by atoms with Crippen LogP contribution in [0, 0.1) is 0 Å². The Labute approximate surface area is 240 Å². The lowest BCUT2D eigenvalue weighted by atomic mass is 9.79. The van der Waals surface area contributed by atoms with Crippen molar-refractivity contribution in [1.82, 2.24) is 14.8 Å². The van der Waals surface area contributed by atoms with Gasteiger partial charge in [0.15, 0.2) is 0 Å². The Hall–Kier alpha value is -4.04. The Morgan fingerprint density at radius 2 is 1.76 bits per heavy atom. The molecule has 0 radical (unpaired) electrons. The van der Waals surface area contributed by atoms with Crippen molar-refractivity contribution in [2.45, 2.75) is 61.9 Å². The predicted molar refractivity (Wildman–Crippen MR) is 156 cm³/mol. The zero-order valence-electron chi connectivity index (χ0n) is 23.6. The molecule has 0 bridgehead atoms. The second-order valence-electron chi connectivity index (χ2n) is 12.4. The number of pyridine rings is 1. The Bertz CT molecular complexity index is 1570. The molecule has 2 fully saturated rings. The third kappa shape index (κ3) is 3.84. The van der Waals surface area contributed by atoms with Gasteiger partial charge in [0, 0.05) is 24.0 Å². The van der Waals surface area contributed by atoms with Gasteiger partial charge in [0.1, 0.15) is 17.9 Å². The van der Waals surface area contributed by atoms with Crippen molar-refractivity contribution in [1.29, 1.82) is 0 Å². The van der Waals surface area contributed by atoms with E-state index < -0.39 is 16.5 Å². The lowest BCUT2D eigenvalue weighted by Crippen LogP contribution is -2.71. The van der Waals surface area contributed by atoms with Gasteiger partial charge in [-0.05, 0) is 74.5 Å². The number of benzene rings is 2. The molecular weight excluding hydrogens is 514 g/mol. The summed E-state index contributed by atoms with van der Waals surface area (Å²) in [6.07, 6.45) is 6.54. The molecule has 2 aromatic carbocycles. The first-order valence-electron chi connectivity index (χ1n) is 14.5. The van der Waals surface area contributed by atoms with Crippen LogP contribution in [0.25, 0.3) is 0 Å². The number of anilines is 2. The summed E-state index contributed by atoms with van der Waals surface area (Å²) in [6, 6.07) is 19.8. The molecule has 1 aromatic heterocycles. The molecule has 1 saturated carbocycles. The van der Waals surface area contributed by atoms with Crippen LogP contribution in [-0.2, 0) is 38.2 Å². The highest BCUT2D eigenvalue weighted by molar-refractivity contribution is 6.06. The summed E-state index contributed by atoms with van der Waals surface area (Å²) in [4.78, 5) is 49.3. The Balaban J connectivity index is 1.14. The Kier molecular flexibility index (Phi) is 5.84. The maximum Gasteiger partial charge on any atom is 0.244 e. The molecule has 8 nitrogen and oxygen atoms in total. The standard InChI is InChI=1S/C33H35N5O3/c1-31(24-9-4-3-5-10-24)21-37(2)33(14-6-7-15-33)30(41)38(31)20-27(39)35-25-13-12-22-18-32(19-23(22)17-25)26-11-8-16-34-28(26)36-29(32)40/h3-5,8-13,16-17H,6-7,14-15,18-21H2,1-2H3,(H,35,39)(H,34,36,40)/t31-,32+/m0/s1. The molecule has 3 amide bonds. The number of carbonyl (C=O) groups is 3. The largest absolute Gasteiger partial charge is 0.325 e.